The van der Waals surface area contributed by atoms with Crippen molar-refractivity contribution in [3.63, 3.8) is 0 Å². The quantitative estimate of drug-likeness (QED) is 0.335. The molecule has 0 aromatic heterocycles. The first kappa shape index (κ1) is 20.0. The van der Waals surface area contributed by atoms with Gasteiger partial charge in [-0.1, -0.05) is 13.8 Å². The van der Waals surface area contributed by atoms with E-state index in [0.717, 1.165) is 32.1 Å². The molecule has 1 saturated heterocycles. The SMILES string of the molecule is CN=C(NCCCOC(C)C)N1CC(C)(C)C1(C)C.I. The molecule has 1 aliphatic heterocycles. The average Bonchev–Trinajstić information content (AvgIpc) is 2.31. The summed E-state index contributed by atoms with van der Waals surface area (Å²) in [6.07, 6.45) is 1.32. The van der Waals surface area contributed by atoms with Crippen molar-refractivity contribution < 1.29 is 4.74 Å². The van der Waals surface area contributed by atoms with Crippen LogP contribution in [0.1, 0.15) is 48.0 Å². The molecule has 0 aromatic rings. The molecule has 1 fully saturated rings. The molecule has 0 aromatic carbocycles. The number of nitrogens with zero attached hydrogens (tertiary/aromatic N) is 2. The summed E-state index contributed by atoms with van der Waals surface area (Å²) in [6, 6.07) is 0. The average molecular weight is 397 g/mol. The first-order valence-corrected chi connectivity index (χ1v) is 7.32. The number of aliphatic imine (C=N–C) groups is 1. The van der Waals surface area contributed by atoms with Gasteiger partial charge in [0.1, 0.15) is 0 Å². The highest BCUT2D eigenvalue weighted by Crippen LogP contribution is 2.46. The molecule has 20 heavy (non-hydrogen) atoms. The van der Waals surface area contributed by atoms with Crippen LogP contribution in [0.3, 0.4) is 0 Å². The maximum absolute atomic E-state index is 5.54. The molecule has 120 valence electrons. The lowest BCUT2D eigenvalue weighted by atomic mass is 9.65. The van der Waals surface area contributed by atoms with Crippen molar-refractivity contribution in [2.24, 2.45) is 10.4 Å². The highest BCUT2D eigenvalue weighted by molar-refractivity contribution is 14.0. The molecule has 1 heterocycles. The Kier molecular flexibility index (Phi) is 7.81. The Balaban J connectivity index is 0.00000361. The Morgan fingerprint density at radius 3 is 2.30 bits per heavy atom. The fourth-order valence-corrected chi connectivity index (χ4v) is 2.29. The fraction of sp³-hybridized carbons (Fsp3) is 0.933. The van der Waals surface area contributed by atoms with E-state index in [1.807, 2.05) is 7.05 Å². The van der Waals surface area contributed by atoms with E-state index in [0.29, 0.717) is 11.5 Å². The lowest BCUT2D eigenvalue weighted by molar-refractivity contribution is -0.0667. The van der Waals surface area contributed by atoms with Gasteiger partial charge in [0.15, 0.2) is 5.96 Å². The third-order valence-corrected chi connectivity index (χ3v) is 4.41. The molecule has 0 atom stereocenters. The van der Waals surface area contributed by atoms with E-state index in [4.69, 9.17) is 4.74 Å². The van der Waals surface area contributed by atoms with Gasteiger partial charge in [-0.25, -0.2) is 0 Å². The number of likely N-dealkylation sites (tertiary alicyclic amines) is 1. The van der Waals surface area contributed by atoms with Gasteiger partial charge in [-0.15, -0.1) is 24.0 Å². The van der Waals surface area contributed by atoms with E-state index in [9.17, 15) is 0 Å². The van der Waals surface area contributed by atoms with Crippen molar-refractivity contribution in [1.29, 1.82) is 0 Å². The van der Waals surface area contributed by atoms with Gasteiger partial charge in [0.05, 0.1) is 6.10 Å². The standard InChI is InChI=1S/C15H31N3O.HI/c1-12(2)19-10-8-9-17-13(16-7)18-11-14(3,4)15(18,5)6;/h12H,8-11H2,1-7H3,(H,16,17);1H. The predicted octanol–water partition coefficient (Wildman–Crippen LogP) is 3.12. The largest absolute Gasteiger partial charge is 0.379 e. The predicted molar refractivity (Wildman–Crippen MR) is 97.0 cm³/mol. The van der Waals surface area contributed by atoms with Gasteiger partial charge >= 0.3 is 0 Å². The Morgan fingerprint density at radius 2 is 1.90 bits per heavy atom. The number of guanidine groups is 1. The third-order valence-electron chi connectivity index (χ3n) is 4.41. The molecule has 0 unspecified atom stereocenters. The fourth-order valence-electron chi connectivity index (χ4n) is 2.29. The summed E-state index contributed by atoms with van der Waals surface area (Å²) in [5, 5.41) is 3.43. The topological polar surface area (TPSA) is 36.9 Å². The smallest absolute Gasteiger partial charge is 0.194 e. The van der Waals surface area contributed by atoms with Crippen LogP contribution in [0, 0.1) is 5.41 Å². The molecule has 5 heteroatoms. The highest BCUT2D eigenvalue weighted by atomic mass is 127. The molecule has 0 aliphatic carbocycles. The Labute approximate surface area is 141 Å². The van der Waals surface area contributed by atoms with Gasteiger partial charge < -0.3 is 15.0 Å². The minimum atomic E-state index is 0. The lowest BCUT2D eigenvalue weighted by Gasteiger charge is -2.62. The lowest BCUT2D eigenvalue weighted by Crippen LogP contribution is -2.72. The highest BCUT2D eigenvalue weighted by Gasteiger charge is 2.53. The molecule has 0 bridgehead atoms. The van der Waals surface area contributed by atoms with Gasteiger partial charge in [-0.2, -0.15) is 0 Å². The summed E-state index contributed by atoms with van der Waals surface area (Å²) in [6.45, 7) is 16.1. The Bertz CT molecular complexity index is 327. The molecule has 1 N–H and O–H groups in total. The number of hydrogen-bond donors (Lipinski definition) is 1. The summed E-state index contributed by atoms with van der Waals surface area (Å²) in [5.74, 6) is 1.01. The van der Waals surface area contributed by atoms with Gasteiger partial charge in [0.2, 0.25) is 0 Å². The zero-order valence-corrected chi connectivity index (χ0v) is 16.4. The number of ether oxygens (including phenoxy) is 1. The first-order chi connectivity index (χ1) is 8.72. The summed E-state index contributed by atoms with van der Waals surface area (Å²) in [5.41, 5.74) is 0.495. The van der Waals surface area contributed by atoms with Crippen molar-refractivity contribution in [3.05, 3.63) is 0 Å². The van der Waals surface area contributed by atoms with Gasteiger partial charge in [-0.3, -0.25) is 4.99 Å². The van der Waals surface area contributed by atoms with Crippen LogP contribution in [0.4, 0.5) is 0 Å². The van der Waals surface area contributed by atoms with E-state index in [1.54, 1.807) is 0 Å². The van der Waals surface area contributed by atoms with Crippen LogP contribution in [0.2, 0.25) is 0 Å². The number of hydrogen-bond acceptors (Lipinski definition) is 2. The zero-order valence-electron chi connectivity index (χ0n) is 14.1. The molecule has 0 spiro atoms. The molecule has 0 saturated carbocycles. The van der Waals surface area contributed by atoms with Crippen molar-refractivity contribution in [3.8, 4) is 0 Å². The minimum Gasteiger partial charge on any atom is -0.379 e. The Hall–Kier alpha value is -0.0400. The molecule has 1 aliphatic rings. The second kappa shape index (κ2) is 7.82. The van der Waals surface area contributed by atoms with Crippen LogP contribution in [-0.4, -0.2) is 49.2 Å². The van der Waals surface area contributed by atoms with Crippen LogP contribution < -0.4 is 5.32 Å². The normalized spacial score (nSPS) is 20.4. The third kappa shape index (κ3) is 4.48. The van der Waals surface area contributed by atoms with Crippen LogP contribution in [-0.2, 0) is 4.74 Å². The minimum absolute atomic E-state index is 0. The Morgan fingerprint density at radius 1 is 1.30 bits per heavy atom. The van der Waals surface area contributed by atoms with E-state index >= 15 is 0 Å². The van der Waals surface area contributed by atoms with E-state index in [2.05, 4.69) is 56.8 Å². The van der Waals surface area contributed by atoms with Gasteiger partial charge in [0, 0.05) is 37.7 Å². The van der Waals surface area contributed by atoms with Crippen LogP contribution in [0.15, 0.2) is 4.99 Å². The van der Waals surface area contributed by atoms with Crippen molar-refractivity contribution in [2.75, 3.05) is 26.7 Å². The van der Waals surface area contributed by atoms with E-state index in [1.165, 1.54) is 0 Å². The van der Waals surface area contributed by atoms with E-state index in [-0.39, 0.29) is 29.5 Å². The summed E-state index contributed by atoms with van der Waals surface area (Å²) in [7, 11) is 1.86. The molecule has 0 radical (unpaired) electrons. The number of rotatable bonds is 5. The molecular weight excluding hydrogens is 365 g/mol. The molecular formula is C15H32IN3O. The molecule has 0 amide bonds. The van der Waals surface area contributed by atoms with Crippen molar-refractivity contribution in [2.45, 2.75) is 59.6 Å². The van der Waals surface area contributed by atoms with Crippen LogP contribution in [0.25, 0.3) is 0 Å². The second-order valence-corrected chi connectivity index (χ2v) is 6.78. The maximum atomic E-state index is 5.54. The van der Waals surface area contributed by atoms with Gasteiger partial charge in [0.25, 0.3) is 0 Å². The number of halogens is 1. The molecule has 4 nitrogen and oxygen atoms in total. The van der Waals surface area contributed by atoms with Crippen molar-refractivity contribution >= 4 is 29.9 Å². The first-order valence-electron chi connectivity index (χ1n) is 7.32. The van der Waals surface area contributed by atoms with Gasteiger partial charge in [-0.05, 0) is 34.1 Å². The number of nitrogens with one attached hydrogen (secondary N) is 1. The van der Waals surface area contributed by atoms with E-state index < -0.39 is 0 Å². The maximum Gasteiger partial charge on any atom is 0.194 e. The monoisotopic (exact) mass is 397 g/mol. The summed E-state index contributed by atoms with van der Waals surface area (Å²) < 4.78 is 5.54. The molecule has 1 rings (SSSR count). The van der Waals surface area contributed by atoms with Crippen molar-refractivity contribution in [1.82, 2.24) is 10.2 Å². The van der Waals surface area contributed by atoms with Crippen LogP contribution >= 0.6 is 24.0 Å². The zero-order chi connectivity index (χ0) is 14.7. The second-order valence-electron chi connectivity index (χ2n) is 6.78. The summed E-state index contributed by atoms with van der Waals surface area (Å²) in [4.78, 5) is 6.75. The summed E-state index contributed by atoms with van der Waals surface area (Å²) >= 11 is 0. The van der Waals surface area contributed by atoms with Crippen LogP contribution in [0.5, 0.6) is 0 Å².